The van der Waals surface area contributed by atoms with Gasteiger partial charge in [-0.2, -0.15) is 0 Å². The van der Waals surface area contributed by atoms with Gasteiger partial charge in [0.2, 0.25) is 5.56 Å². The highest BCUT2D eigenvalue weighted by atomic mass is 16.1. The summed E-state index contributed by atoms with van der Waals surface area (Å²) in [5, 5.41) is 0. The lowest BCUT2D eigenvalue weighted by molar-refractivity contribution is 0.419. The van der Waals surface area contributed by atoms with Gasteiger partial charge in [0.05, 0.1) is 0 Å². The van der Waals surface area contributed by atoms with Gasteiger partial charge >= 0.3 is 0 Å². The Morgan fingerprint density at radius 2 is 2.17 bits per heavy atom. The minimum Gasteiger partial charge on any atom is -0.385 e. The Balaban J connectivity index is 2.36. The Bertz CT molecular complexity index is 339. The maximum atomic E-state index is 11.0. The molecular weight excluding hydrogens is 152 g/mol. The molecule has 1 fully saturated rings. The highest BCUT2D eigenvalue weighted by Gasteiger charge is 2.19. The third-order valence-corrected chi connectivity index (χ3v) is 2.46. The van der Waals surface area contributed by atoms with E-state index in [4.69, 9.17) is 5.73 Å². The average Bonchev–Trinajstić information content (AvgIpc) is 1.79. The van der Waals surface area contributed by atoms with Crippen molar-refractivity contribution in [3.05, 3.63) is 28.0 Å². The van der Waals surface area contributed by atoms with Crippen molar-refractivity contribution in [3.63, 3.8) is 0 Å². The molecule has 0 bridgehead atoms. The number of rotatable bonds is 1. The molecule has 1 aromatic heterocycles. The molecule has 2 rings (SSSR count). The normalized spacial score (nSPS) is 17.3. The van der Waals surface area contributed by atoms with E-state index in [1.165, 1.54) is 19.3 Å². The summed E-state index contributed by atoms with van der Waals surface area (Å²) in [6.45, 7) is 0. The zero-order chi connectivity index (χ0) is 8.55. The summed E-state index contributed by atoms with van der Waals surface area (Å²) in [6.07, 6.45) is 3.67. The third kappa shape index (κ3) is 1.22. The topological polar surface area (TPSA) is 58.9 Å². The van der Waals surface area contributed by atoms with E-state index >= 15 is 0 Å². The SMILES string of the molecule is Nc1cc(C2CCC2)cc(=O)[nH]1. The van der Waals surface area contributed by atoms with E-state index < -0.39 is 0 Å². The summed E-state index contributed by atoms with van der Waals surface area (Å²) < 4.78 is 0. The van der Waals surface area contributed by atoms with Gasteiger partial charge in [0.25, 0.3) is 0 Å². The number of H-pyrrole nitrogens is 1. The Labute approximate surface area is 70.6 Å². The Kier molecular flexibility index (Phi) is 1.64. The zero-order valence-corrected chi connectivity index (χ0v) is 6.84. The molecule has 0 atom stereocenters. The lowest BCUT2D eigenvalue weighted by atomic mass is 9.80. The van der Waals surface area contributed by atoms with E-state index in [9.17, 15) is 4.79 Å². The number of nitrogens with one attached hydrogen (secondary N) is 1. The zero-order valence-electron chi connectivity index (χ0n) is 6.84. The van der Waals surface area contributed by atoms with Crippen LogP contribution in [0.5, 0.6) is 0 Å². The molecular formula is C9H12N2O. The molecule has 0 amide bonds. The Morgan fingerprint density at radius 1 is 1.42 bits per heavy atom. The van der Waals surface area contributed by atoms with Crippen LogP contribution in [0.25, 0.3) is 0 Å². The number of pyridine rings is 1. The second kappa shape index (κ2) is 2.66. The van der Waals surface area contributed by atoms with Crippen LogP contribution < -0.4 is 11.3 Å². The second-order valence-electron chi connectivity index (χ2n) is 3.36. The van der Waals surface area contributed by atoms with Gasteiger partial charge in [-0.15, -0.1) is 0 Å². The van der Waals surface area contributed by atoms with E-state index in [1.54, 1.807) is 6.07 Å². The van der Waals surface area contributed by atoms with Gasteiger partial charge in [0, 0.05) is 6.07 Å². The molecule has 0 unspecified atom stereocenters. The molecule has 3 nitrogen and oxygen atoms in total. The summed E-state index contributed by atoms with van der Waals surface area (Å²) in [4.78, 5) is 13.6. The molecule has 3 heteroatoms. The molecule has 0 spiro atoms. The molecule has 12 heavy (non-hydrogen) atoms. The molecule has 1 heterocycles. The van der Waals surface area contributed by atoms with Gasteiger partial charge in [0.1, 0.15) is 5.82 Å². The highest BCUT2D eigenvalue weighted by Crippen LogP contribution is 2.35. The lowest BCUT2D eigenvalue weighted by Crippen LogP contribution is -2.15. The molecule has 0 saturated heterocycles. The van der Waals surface area contributed by atoms with E-state index in [0.29, 0.717) is 11.7 Å². The molecule has 1 aromatic rings. The molecule has 0 radical (unpaired) electrons. The number of anilines is 1. The summed E-state index contributed by atoms with van der Waals surface area (Å²) in [5.41, 5.74) is 6.53. The van der Waals surface area contributed by atoms with Crippen LogP contribution in [0.4, 0.5) is 5.82 Å². The second-order valence-corrected chi connectivity index (χ2v) is 3.36. The van der Waals surface area contributed by atoms with Crippen LogP contribution in [0.3, 0.4) is 0 Å². The first-order chi connectivity index (χ1) is 5.75. The largest absolute Gasteiger partial charge is 0.385 e. The number of aromatic amines is 1. The van der Waals surface area contributed by atoms with Crippen LogP contribution in [0, 0.1) is 0 Å². The predicted molar refractivity (Wildman–Crippen MR) is 48.1 cm³/mol. The smallest absolute Gasteiger partial charge is 0.249 e. The number of aromatic nitrogens is 1. The van der Waals surface area contributed by atoms with Crippen LogP contribution in [0.15, 0.2) is 16.9 Å². The molecule has 64 valence electrons. The molecule has 1 aliphatic rings. The van der Waals surface area contributed by atoms with Gasteiger partial charge in [-0.25, -0.2) is 0 Å². The fourth-order valence-electron chi connectivity index (χ4n) is 1.56. The molecule has 1 aliphatic carbocycles. The van der Waals surface area contributed by atoms with Crippen molar-refractivity contribution >= 4 is 5.82 Å². The minimum absolute atomic E-state index is 0.0862. The van der Waals surface area contributed by atoms with E-state index in [2.05, 4.69) is 4.98 Å². The standard InChI is InChI=1S/C9H12N2O/c10-8-4-7(5-9(12)11-8)6-2-1-3-6/h4-6H,1-3H2,(H3,10,11,12). The fourth-order valence-corrected chi connectivity index (χ4v) is 1.56. The van der Waals surface area contributed by atoms with E-state index in [-0.39, 0.29) is 5.56 Å². The average molecular weight is 164 g/mol. The first-order valence-electron chi connectivity index (χ1n) is 4.25. The summed E-state index contributed by atoms with van der Waals surface area (Å²) in [6, 6.07) is 3.52. The maximum Gasteiger partial charge on any atom is 0.249 e. The Morgan fingerprint density at radius 3 is 2.67 bits per heavy atom. The van der Waals surface area contributed by atoms with Crippen molar-refractivity contribution in [2.45, 2.75) is 25.2 Å². The molecule has 0 aromatic carbocycles. The van der Waals surface area contributed by atoms with Crippen molar-refractivity contribution in [3.8, 4) is 0 Å². The van der Waals surface area contributed by atoms with Gasteiger partial charge in [-0.05, 0) is 30.4 Å². The summed E-state index contributed by atoms with van der Waals surface area (Å²) >= 11 is 0. The van der Waals surface area contributed by atoms with E-state index in [1.807, 2.05) is 6.07 Å². The monoisotopic (exact) mass is 164 g/mol. The number of hydrogen-bond donors (Lipinski definition) is 2. The summed E-state index contributed by atoms with van der Waals surface area (Å²) in [7, 11) is 0. The summed E-state index contributed by atoms with van der Waals surface area (Å²) in [5.74, 6) is 1.05. The van der Waals surface area contributed by atoms with Gasteiger partial charge in [-0.3, -0.25) is 4.79 Å². The molecule has 1 saturated carbocycles. The molecule has 0 aliphatic heterocycles. The minimum atomic E-state index is -0.0862. The van der Waals surface area contributed by atoms with Crippen LogP contribution >= 0.6 is 0 Å². The van der Waals surface area contributed by atoms with Crippen molar-refractivity contribution in [2.24, 2.45) is 0 Å². The van der Waals surface area contributed by atoms with Crippen molar-refractivity contribution in [1.29, 1.82) is 0 Å². The van der Waals surface area contributed by atoms with Crippen molar-refractivity contribution < 1.29 is 0 Å². The first kappa shape index (κ1) is 7.40. The third-order valence-electron chi connectivity index (χ3n) is 2.46. The molecule has 3 N–H and O–H groups in total. The number of nitrogens with two attached hydrogens (primary N) is 1. The number of nitrogen functional groups attached to an aromatic ring is 1. The van der Waals surface area contributed by atoms with Crippen LogP contribution in [0.1, 0.15) is 30.7 Å². The van der Waals surface area contributed by atoms with Crippen molar-refractivity contribution in [2.75, 3.05) is 5.73 Å². The van der Waals surface area contributed by atoms with Crippen molar-refractivity contribution in [1.82, 2.24) is 4.98 Å². The van der Waals surface area contributed by atoms with Crippen LogP contribution in [-0.2, 0) is 0 Å². The van der Waals surface area contributed by atoms with E-state index in [0.717, 1.165) is 5.56 Å². The lowest BCUT2D eigenvalue weighted by Gasteiger charge is -2.25. The predicted octanol–water partition coefficient (Wildman–Crippen LogP) is 1.22. The maximum absolute atomic E-state index is 11.0. The quantitative estimate of drug-likeness (QED) is 0.655. The highest BCUT2D eigenvalue weighted by molar-refractivity contribution is 5.34. The van der Waals surface area contributed by atoms with Crippen LogP contribution in [-0.4, -0.2) is 4.98 Å². The van der Waals surface area contributed by atoms with Gasteiger partial charge < -0.3 is 10.7 Å². The fraction of sp³-hybridized carbons (Fsp3) is 0.444. The first-order valence-corrected chi connectivity index (χ1v) is 4.25. The van der Waals surface area contributed by atoms with Crippen LogP contribution in [0.2, 0.25) is 0 Å². The number of hydrogen-bond acceptors (Lipinski definition) is 2. The van der Waals surface area contributed by atoms with Gasteiger partial charge in [-0.1, -0.05) is 6.42 Å². The van der Waals surface area contributed by atoms with Gasteiger partial charge in [0.15, 0.2) is 0 Å². The Hall–Kier alpha value is -1.25.